The molecule has 4 aromatic carbocycles. The van der Waals surface area contributed by atoms with Gasteiger partial charge < -0.3 is 75.6 Å². The topological polar surface area (TPSA) is 476 Å². The second-order valence-electron chi connectivity index (χ2n) is 33.9. The first-order valence-corrected chi connectivity index (χ1v) is 45.9. The number of aromatic nitrogens is 20. The lowest BCUT2D eigenvalue weighted by atomic mass is 9.99. The van der Waals surface area contributed by atoms with E-state index in [0.717, 1.165) is 117 Å². The molecule has 145 heavy (non-hydrogen) atoms. The summed E-state index contributed by atoms with van der Waals surface area (Å²) >= 11 is 0. The Hall–Kier alpha value is -18.4. The summed E-state index contributed by atoms with van der Waals surface area (Å²) in [5.41, 5.74) is 18.7. The van der Waals surface area contributed by atoms with E-state index in [1.54, 1.807) is 128 Å². The summed E-state index contributed by atoms with van der Waals surface area (Å²) in [5, 5.41) is 59.7. The number of ether oxygens (including phenoxy) is 5. The third-order valence-corrected chi connectivity index (χ3v) is 24.3. The van der Waals surface area contributed by atoms with Crippen molar-refractivity contribution in [1.82, 2.24) is 104 Å². The molecule has 20 rings (SSSR count). The Morgan fingerprint density at radius 1 is 0.386 bits per heavy atom. The Labute approximate surface area is 825 Å². The van der Waals surface area contributed by atoms with Crippen molar-refractivity contribution in [2.45, 2.75) is 108 Å². The molecule has 0 radical (unpaired) electrons. The lowest BCUT2D eigenvalue weighted by Gasteiger charge is -2.16. The largest absolute Gasteiger partial charge is 0.496 e. The number of H-pyrrole nitrogens is 1. The van der Waals surface area contributed by atoms with Gasteiger partial charge in [-0.05, 0) is 181 Å². The zero-order chi connectivity index (χ0) is 102. The van der Waals surface area contributed by atoms with E-state index in [2.05, 4.69) is 71.4 Å². The van der Waals surface area contributed by atoms with E-state index in [-0.39, 0.29) is 87.2 Å². The Bertz CT molecular complexity index is 8380. The van der Waals surface area contributed by atoms with E-state index in [1.807, 2.05) is 195 Å². The molecule has 39 nitrogen and oxygen atoms in total. The molecule has 736 valence electrons. The summed E-state index contributed by atoms with van der Waals surface area (Å²) in [6, 6.07) is 45.0. The number of carboxylic acids is 1. The minimum absolute atomic E-state index is 0.0386. The van der Waals surface area contributed by atoms with Gasteiger partial charge in [-0.15, -0.1) is 0 Å². The number of carboxylic acid groups (broad SMARTS) is 1. The number of fused-ring (bicyclic) bond motifs is 4. The Morgan fingerprint density at radius 3 is 0.938 bits per heavy atom. The van der Waals surface area contributed by atoms with E-state index in [0.29, 0.717) is 114 Å². The number of carbonyl (C=O) groups is 3. The average Bonchev–Trinajstić information content (AvgIpc) is 1.66. The van der Waals surface area contributed by atoms with Crippen LogP contribution in [0, 0.1) is 55.4 Å². The number of aliphatic hydroxyl groups is 1. The fourth-order valence-corrected chi connectivity index (χ4v) is 17.7. The molecule has 0 unspecified atom stereocenters. The molecule has 0 saturated heterocycles. The number of benzene rings is 4. The maximum absolute atomic E-state index is 13.9. The van der Waals surface area contributed by atoms with Crippen molar-refractivity contribution >= 4 is 61.5 Å². The van der Waals surface area contributed by atoms with Crippen molar-refractivity contribution in [2.24, 2.45) is 0 Å². The fourth-order valence-electron chi connectivity index (χ4n) is 17.7. The molecule has 0 saturated carbocycles. The fraction of sp³-hybridized carbons (Fsp3) is 0.217. The molecule has 0 spiro atoms. The van der Waals surface area contributed by atoms with Crippen LogP contribution in [-0.4, -0.2) is 175 Å². The van der Waals surface area contributed by atoms with Crippen molar-refractivity contribution in [3.05, 3.63) is 330 Å². The SMILES string of the molecule is CCOC(=O)Cn1cc(-c2cc3cc(-c4c(C)noc4C)c(OC)cc3n(Cc3ccccn3)c2=O)cn1.COc1cc2c(cc1-c1c(C)noc1C)cc(-c1cn[nH]c1)c(=O)n2Cc1ccccn1.COc1cc2c(cc1-c1c(C)noc1C)cc(-c1cnn(CC(=O)NCCO)c1)c(=O)n2Cc1ccccn1.COc1cc2c(cc1-c1c(C)noc1C)cc(-c1cnn(CC(=O)O)c1)c(=O)n2Cc1ccccn1. The number of rotatable bonds is 29. The van der Waals surface area contributed by atoms with E-state index >= 15 is 0 Å². The molecule has 16 aromatic heterocycles. The van der Waals surface area contributed by atoms with Gasteiger partial charge in [-0.1, -0.05) is 44.9 Å². The first-order chi connectivity index (χ1) is 70.2. The number of pyridine rings is 8. The molecule has 4 N–H and O–H groups in total. The molecule has 16 heterocycles. The third kappa shape index (κ3) is 20.9. The van der Waals surface area contributed by atoms with Crippen molar-refractivity contribution in [3.8, 4) is 112 Å². The Balaban J connectivity index is 0.000000133. The lowest BCUT2D eigenvalue weighted by Crippen LogP contribution is -2.30. The van der Waals surface area contributed by atoms with Crippen LogP contribution in [0.15, 0.2) is 257 Å². The first-order valence-electron chi connectivity index (χ1n) is 45.9. The number of nitrogens with zero attached hydrogens (tertiary/aromatic N) is 19. The summed E-state index contributed by atoms with van der Waals surface area (Å²) in [5.74, 6) is 3.37. The van der Waals surface area contributed by atoms with E-state index < -0.39 is 11.9 Å². The monoisotopic (exact) mass is 1950 g/mol. The summed E-state index contributed by atoms with van der Waals surface area (Å²) in [7, 11) is 6.37. The Kier molecular flexibility index (Phi) is 29.2. The van der Waals surface area contributed by atoms with Gasteiger partial charge in [0.2, 0.25) is 5.91 Å². The van der Waals surface area contributed by atoms with Crippen LogP contribution >= 0.6 is 0 Å². The minimum Gasteiger partial charge on any atom is -0.496 e. The smallest absolute Gasteiger partial charge is 0.327 e. The summed E-state index contributed by atoms with van der Waals surface area (Å²) in [6.45, 7) is 17.6. The predicted octanol–water partition coefficient (Wildman–Crippen LogP) is 14.6. The van der Waals surface area contributed by atoms with Crippen LogP contribution in [0.2, 0.25) is 0 Å². The van der Waals surface area contributed by atoms with Crippen LogP contribution in [0.1, 0.15) is 75.5 Å². The molecule has 1 amide bonds. The number of aliphatic hydroxyl groups excluding tert-OH is 1. The van der Waals surface area contributed by atoms with Gasteiger partial charge >= 0.3 is 11.9 Å². The number of aliphatic carboxylic acids is 1. The second-order valence-corrected chi connectivity index (χ2v) is 33.9. The van der Waals surface area contributed by atoms with Crippen LogP contribution in [0.4, 0.5) is 0 Å². The number of methoxy groups -OCH3 is 4. The summed E-state index contributed by atoms with van der Waals surface area (Å²) in [6.07, 6.45) is 19.7. The van der Waals surface area contributed by atoms with Gasteiger partial charge in [-0.25, -0.2) is 0 Å². The van der Waals surface area contributed by atoms with Crippen LogP contribution in [-0.2, 0) is 64.9 Å². The first kappa shape index (κ1) is 98.2. The quantitative estimate of drug-likeness (QED) is 0.0316. The number of hydrogen-bond donors (Lipinski definition) is 4. The molecule has 0 bridgehead atoms. The maximum atomic E-state index is 13.9. The summed E-state index contributed by atoms with van der Waals surface area (Å²) < 4.78 is 60.4. The molecule has 0 aliphatic carbocycles. The van der Waals surface area contributed by atoms with E-state index in [4.69, 9.17) is 52.0 Å². The molecule has 0 atom stereocenters. The molecule has 39 heteroatoms. The molecule has 20 aromatic rings. The normalized spacial score (nSPS) is 11.2. The van der Waals surface area contributed by atoms with Crippen molar-refractivity contribution in [3.63, 3.8) is 0 Å². The van der Waals surface area contributed by atoms with E-state index in [9.17, 15) is 33.6 Å². The van der Waals surface area contributed by atoms with Crippen LogP contribution < -0.4 is 46.5 Å². The predicted molar refractivity (Wildman–Crippen MR) is 538 cm³/mol. The number of nitrogens with one attached hydrogen (secondary N) is 2. The van der Waals surface area contributed by atoms with Gasteiger partial charge in [-0.2, -0.15) is 20.4 Å². The number of aryl methyl sites for hydroxylation is 8. The van der Waals surface area contributed by atoms with Gasteiger partial charge in [0.15, 0.2) is 0 Å². The molecular formula is C106H99N21O18. The maximum Gasteiger partial charge on any atom is 0.327 e. The lowest BCUT2D eigenvalue weighted by molar-refractivity contribution is -0.144. The van der Waals surface area contributed by atoms with Crippen molar-refractivity contribution < 1.29 is 66.4 Å². The standard InChI is InChI=1S/C28H28N6O5.C28H27N5O5.C26H23N5O5.C24H21N5O3/c1-17-27(18(2)39-32-17)23-11-19-10-22(20-13-31-33(14-20)16-26(36)30-8-9-35)28(37)34(24(19)12-25(23)38-3)15-21-6-4-5-7-29-21;1-5-37-26(34)16-32-14-20(13-30-32)22-10-19-11-23(27-17(2)31-38-18(27)3)25(36-4)12-24(19)33(28(22)35)15-21-8-6-7-9-29-21;1-15-25(16(2)36-29-15)21-9-17-8-20(18-11-28-30(12-18)14-24(32)33)26(34)31(22(17)10-23(21)35-3)13-19-6-4-5-7-27-19;1-14-23(15(2)32-28-14)20-9-16-8-19(17-11-26-27-12-17)24(30)29(21(16)10-22(20)31-3)13-18-6-4-5-7-25-18/h4-7,10-14,35H,8-9,15-16H2,1-3H3,(H,30,36);6-14H,5,15-16H2,1-4H3;4-12H,13-14H2,1-3H3,(H,32,33);4-12H,13H2,1-3H3,(H,26,27). The summed E-state index contributed by atoms with van der Waals surface area (Å²) in [4.78, 5) is 108. The second kappa shape index (κ2) is 43.1. The number of amides is 1. The van der Waals surface area contributed by atoms with Gasteiger partial charge in [0.25, 0.3) is 22.2 Å². The Morgan fingerprint density at radius 2 is 0.683 bits per heavy atom. The molecule has 0 aliphatic rings. The zero-order valence-electron chi connectivity index (χ0n) is 81.3. The van der Waals surface area contributed by atoms with Gasteiger partial charge in [0.05, 0.1) is 205 Å². The van der Waals surface area contributed by atoms with Crippen LogP contribution in [0.3, 0.4) is 0 Å². The number of hydrogen-bond acceptors (Lipinski definition) is 29. The van der Waals surface area contributed by atoms with Crippen molar-refractivity contribution in [1.29, 1.82) is 0 Å². The molecule has 0 aliphatic heterocycles. The van der Waals surface area contributed by atoms with Gasteiger partial charge in [0.1, 0.15) is 65.7 Å². The average molecular weight is 1960 g/mol. The van der Waals surface area contributed by atoms with Crippen LogP contribution in [0.5, 0.6) is 23.0 Å². The van der Waals surface area contributed by atoms with Gasteiger partial charge in [-0.3, -0.25) is 72.6 Å². The van der Waals surface area contributed by atoms with Crippen LogP contribution in [0.25, 0.3) is 133 Å². The minimum atomic E-state index is -1.02. The number of carbonyl (C=O) groups excluding carboxylic acids is 2. The van der Waals surface area contributed by atoms with Crippen molar-refractivity contribution in [2.75, 3.05) is 48.2 Å². The number of aromatic amines is 1. The van der Waals surface area contributed by atoms with E-state index in [1.165, 1.54) is 20.2 Å². The highest BCUT2D eigenvalue weighted by Gasteiger charge is 2.28. The molecular weight excluding hydrogens is 1860 g/mol. The molecule has 0 fully saturated rings. The van der Waals surface area contributed by atoms with Gasteiger partial charge in [0, 0.05) is 125 Å². The highest BCUT2D eigenvalue weighted by molar-refractivity contribution is 5.97. The third-order valence-electron chi connectivity index (χ3n) is 24.3. The number of esters is 1. The highest BCUT2D eigenvalue weighted by atomic mass is 16.5. The zero-order valence-corrected chi connectivity index (χ0v) is 81.3. The highest BCUT2D eigenvalue weighted by Crippen LogP contribution is 2.44.